The molecule has 6 heteroatoms. The second-order valence-corrected chi connectivity index (χ2v) is 7.20. The highest BCUT2D eigenvalue weighted by Crippen LogP contribution is 2.26. The third kappa shape index (κ3) is 4.72. The van der Waals surface area contributed by atoms with Gasteiger partial charge in [-0.05, 0) is 38.2 Å². The summed E-state index contributed by atoms with van der Waals surface area (Å²) in [5.41, 5.74) is 1.22. The van der Waals surface area contributed by atoms with Crippen LogP contribution < -0.4 is 10.6 Å². The Labute approximate surface area is 145 Å². The van der Waals surface area contributed by atoms with Crippen molar-refractivity contribution in [3.63, 3.8) is 0 Å². The summed E-state index contributed by atoms with van der Waals surface area (Å²) >= 11 is 0. The van der Waals surface area contributed by atoms with Crippen molar-refractivity contribution in [2.75, 3.05) is 26.7 Å². The first-order valence-corrected chi connectivity index (χ1v) is 9.45. The van der Waals surface area contributed by atoms with Gasteiger partial charge in [0.15, 0.2) is 5.96 Å². The first kappa shape index (κ1) is 17.3. The highest BCUT2D eigenvalue weighted by atomic mass is 15.3. The average Bonchev–Trinajstić information content (AvgIpc) is 3.31. The standard InChI is InChI=1S/C18H32N6/c1-15-12-21-24(13-15)10-5-9-20-18(19-2)22-16-8-11-23(14-16)17-6-3-4-7-17/h12-13,16-17H,3-11,14H2,1-2H3,(H2,19,20,22). The van der Waals surface area contributed by atoms with E-state index < -0.39 is 0 Å². The fourth-order valence-electron chi connectivity index (χ4n) is 3.93. The normalized spacial score (nSPS) is 23.1. The fourth-order valence-corrected chi connectivity index (χ4v) is 3.93. The molecule has 2 heterocycles. The Morgan fingerprint density at radius 3 is 2.88 bits per heavy atom. The lowest BCUT2D eigenvalue weighted by Gasteiger charge is -2.24. The summed E-state index contributed by atoms with van der Waals surface area (Å²) in [5.74, 6) is 0.935. The number of guanidine groups is 1. The number of nitrogens with zero attached hydrogens (tertiary/aromatic N) is 4. The molecule has 3 rings (SSSR count). The minimum absolute atomic E-state index is 0.533. The molecule has 0 radical (unpaired) electrons. The summed E-state index contributed by atoms with van der Waals surface area (Å²) < 4.78 is 2.00. The SMILES string of the molecule is CN=C(NCCCn1cc(C)cn1)NC1CCN(C2CCCC2)C1. The maximum atomic E-state index is 4.38. The second-order valence-electron chi connectivity index (χ2n) is 7.20. The highest BCUT2D eigenvalue weighted by Gasteiger charge is 2.30. The average molecular weight is 332 g/mol. The first-order valence-electron chi connectivity index (χ1n) is 9.45. The molecule has 1 aliphatic heterocycles. The lowest BCUT2D eigenvalue weighted by Crippen LogP contribution is -2.45. The maximum Gasteiger partial charge on any atom is 0.191 e. The van der Waals surface area contributed by atoms with Crippen LogP contribution in [0.15, 0.2) is 17.4 Å². The van der Waals surface area contributed by atoms with Gasteiger partial charge in [0, 0.05) is 51.5 Å². The monoisotopic (exact) mass is 332 g/mol. The molecule has 6 nitrogen and oxygen atoms in total. The molecule has 134 valence electrons. The number of aryl methyl sites for hydroxylation is 2. The summed E-state index contributed by atoms with van der Waals surface area (Å²) in [6.07, 6.45) is 11.9. The molecule has 0 aromatic carbocycles. The van der Waals surface area contributed by atoms with Crippen LogP contribution in [0, 0.1) is 6.92 Å². The van der Waals surface area contributed by atoms with E-state index in [1.807, 2.05) is 17.9 Å². The van der Waals surface area contributed by atoms with Crippen LogP contribution in [-0.2, 0) is 6.54 Å². The van der Waals surface area contributed by atoms with Crippen molar-refractivity contribution in [3.05, 3.63) is 18.0 Å². The minimum atomic E-state index is 0.533. The van der Waals surface area contributed by atoms with Crippen LogP contribution in [0.1, 0.15) is 44.1 Å². The zero-order valence-electron chi connectivity index (χ0n) is 15.2. The van der Waals surface area contributed by atoms with Crippen molar-refractivity contribution >= 4 is 5.96 Å². The van der Waals surface area contributed by atoms with Crippen LogP contribution in [0.3, 0.4) is 0 Å². The molecule has 1 aliphatic carbocycles. The smallest absolute Gasteiger partial charge is 0.191 e. The van der Waals surface area contributed by atoms with Gasteiger partial charge in [-0.1, -0.05) is 12.8 Å². The van der Waals surface area contributed by atoms with E-state index in [2.05, 4.69) is 38.7 Å². The summed E-state index contributed by atoms with van der Waals surface area (Å²) in [6, 6.07) is 1.37. The van der Waals surface area contributed by atoms with Crippen molar-refractivity contribution in [2.45, 2.75) is 64.1 Å². The predicted molar refractivity (Wildman–Crippen MR) is 98.3 cm³/mol. The maximum absolute atomic E-state index is 4.38. The van der Waals surface area contributed by atoms with E-state index in [0.717, 1.165) is 38.1 Å². The van der Waals surface area contributed by atoms with Crippen LogP contribution in [-0.4, -0.2) is 59.4 Å². The number of hydrogen-bond donors (Lipinski definition) is 2. The summed E-state index contributed by atoms with van der Waals surface area (Å²) in [6.45, 7) is 6.33. The van der Waals surface area contributed by atoms with Crippen LogP contribution in [0.2, 0.25) is 0 Å². The molecule has 24 heavy (non-hydrogen) atoms. The number of hydrogen-bond acceptors (Lipinski definition) is 3. The molecule has 0 amide bonds. The number of rotatable bonds is 6. The Bertz CT molecular complexity index is 531. The molecule has 0 bridgehead atoms. The summed E-state index contributed by atoms with van der Waals surface area (Å²) in [5, 5.41) is 11.4. The largest absolute Gasteiger partial charge is 0.356 e. The molecule has 1 aromatic rings. The lowest BCUT2D eigenvalue weighted by molar-refractivity contribution is 0.242. The van der Waals surface area contributed by atoms with Crippen LogP contribution in [0.4, 0.5) is 0 Å². The van der Waals surface area contributed by atoms with E-state index in [1.54, 1.807) is 0 Å². The lowest BCUT2D eigenvalue weighted by atomic mass is 10.2. The molecular weight excluding hydrogens is 300 g/mol. The van der Waals surface area contributed by atoms with Gasteiger partial charge in [0.05, 0.1) is 6.20 Å². The highest BCUT2D eigenvalue weighted by molar-refractivity contribution is 5.79. The van der Waals surface area contributed by atoms with Gasteiger partial charge in [-0.2, -0.15) is 5.10 Å². The van der Waals surface area contributed by atoms with Gasteiger partial charge >= 0.3 is 0 Å². The van der Waals surface area contributed by atoms with Crippen molar-refractivity contribution < 1.29 is 0 Å². The number of likely N-dealkylation sites (tertiary alicyclic amines) is 1. The van der Waals surface area contributed by atoms with Crippen LogP contribution >= 0.6 is 0 Å². The summed E-state index contributed by atoms with van der Waals surface area (Å²) in [7, 11) is 1.86. The molecule has 2 N–H and O–H groups in total. The van der Waals surface area contributed by atoms with Gasteiger partial charge in [0.1, 0.15) is 0 Å². The van der Waals surface area contributed by atoms with Gasteiger partial charge in [-0.3, -0.25) is 14.6 Å². The van der Waals surface area contributed by atoms with E-state index in [9.17, 15) is 0 Å². The molecule has 1 aromatic heterocycles. The van der Waals surface area contributed by atoms with E-state index in [4.69, 9.17) is 0 Å². The Hall–Kier alpha value is -1.56. The number of aliphatic imine (C=N–C) groups is 1. The zero-order valence-corrected chi connectivity index (χ0v) is 15.2. The Morgan fingerprint density at radius 1 is 1.33 bits per heavy atom. The van der Waals surface area contributed by atoms with Crippen LogP contribution in [0.5, 0.6) is 0 Å². The molecule has 1 unspecified atom stereocenters. The van der Waals surface area contributed by atoms with Gasteiger partial charge < -0.3 is 10.6 Å². The fraction of sp³-hybridized carbons (Fsp3) is 0.778. The topological polar surface area (TPSA) is 57.5 Å². The molecule has 2 fully saturated rings. The van der Waals surface area contributed by atoms with Crippen molar-refractivity contribution in [2.24, 2.45) is 4.99 Å². The predicted octanol–water partition coefficient (Wildman–Crippen LogP) is 1.76. The van der Waals surface area contributed by atoms with Gasteiger partial charge in [0.2, 0.25) is 0 Å². The number of nitrogens with one attached hydrogen (secondary N) is 2. The Kier molecular flexibility index (Phi) is 6.12. The van der Waals surface area contributed by atoms with Gasteiger partial charge in [-0.15, -0.1) is 0 Å². The third-order valence-electron chi connectivity index (χ3n) is 5.24. The Balaban J connectivity index is 1.34. The molecule has 1 atom stereocenters. The zero-order chi connectivity index (χ0) is 16.8. The quantitative estimate of drug-likeness (QED) is 0.473. The molecule has 2 aliphatic rings. The molecule has 1 saturated heterocycles. The summed E-state index contributed by atoms with van der Waals surface area (Å²) in [4.78, 5) is 7.05. The first-order chi connectivity index (χ1) is 11.7. The van der Waals surface area contributed by atoms with Crippen molar-refractivity contribution in [1.82, 2.24) is 25.3 Å². The molecule has 0 spiro atoms. The van der Waals surface area contributed by atoms with E-state index in [0.29, 0.717) is 6.04 Å². The van der Waals surface area contributed by atoms with Crippen LogP contribution in [0.25, 0.3) is 0 Å². The minimum Gasteiger partial charge on any atom is -0.356 e. The van der Waals surface area contributed by atoms with E-state index >= 15 is 0 Å². The van der Waals surface area contributed by atoms with E-state index in [1.165, 1.54) is 44.2 Å². The van der Waals surface area contributed by atoms with Gasteiger partial charge in [-0.25, -0.2) is 0 Å². The third-order valence-corrected chi connectivity index (χ3v) is 5.24. The van der Waals surface area contributed by atoms with Crippen molar-refractivity contribution in [1.29, 1.82) is 0 Å². The number of aromatic nitrogens is 2. The van der Waals surface area contributed by atoms with E-state index in [-0.39, 0.29) is 0 Å². The molecular formula is C18H32N6. The molecule has 1 saturated carbocycles. The Morgan fingerprint density at radius 2 is 2.17 bits per heavy atom. The van der Waals surface area contributed by atoms with Crippen molar-refractivity contribution in [3.8, 4) is 0 Å². The second kappa shape index (κ2) is 8.51. The van der Waals surface area contributed by atoms with Gasteiger partial charge in [0.25, 0.3) is 0 Å².